The number of amides is 1. The monoisotopic (exact) mass is 444 g/mol. The van der Waals surface area contributed by atoms with Crippen LogP contribution in [0.4, 0.5) is 5.82 Å². The van der Waals surface area contributed by atoms with Gasteiger partial charge < -0.3 is 25.8 Å². The van der Waals surface area contributed by atoms with Crippen LogP contribution in [0.5, 0.6) is 0 Å². The largest absolute Gasteiger partial charge is 0.488 e. The van der Waals surface area contributed by atoms with Gasteiger partial charge in [-0.1, -0.05) is 24.3 Å². The minimum atomic E-state index is -1.53. The summed E-state index contributed by atoms with van der Waals surface area (Å²) < 4.78 is 7.37. The number of aromatic nitrogens is 4. The number of rotatable bonds is 6. The summed E-state index contributed by atoms with van der Waals surface area (Å²) in [7, 11) is -1.53. The summed E-state index contributed by atoms with van der Waals surface area (Å²) in [4.78, 5) is 25.7. The fraction of sp³-hybridized carbons (Fsp3) is 0.182. The maximum atomic E-state index is 11.8. The van der Waals surface area contributed by atoms with Gasteiger partial charge in [-0.3, -0.25) is 9.20 Å². The molecule has 33 heavy (non-hydrogen) atoms. The number of carbonyl (C=O) groups excluding carboxylic acids is 1. The molecule has 0 aliphatic carbocycles. The molecule has 4 heterocycles. The van der Waals surface area contributed by atoms with E-state index in [4.69, 9.17) is 20.4 Å². The first kappa shape index (κ1) is 21.1. The van der Waals surface area contributed by atoms with Crippen LogP contribution in [-0.2, 0) is 24.3 Å². The van der Waals surface area contributed by atoms with Crippen molar-refractivity contribution in [2.75, 3.05) is 11.9 Å². The average molecular weight is 444 g/mol. The second-order valence-electron chi connectivity index (χ2n) is 7.72. The van der Waals surface area contributed by atoms with Crippen LogP contribution in [0.15, 0.2) is 48.8 Å². The first-order valence-electron chi connectivity index (χ1n) is 10.4. The van der Waals surface area contributed by atoms with E-state index in [1.807, 2.05) is 6.07 Å². The predicted octanol–water partition coefficient (Wildman–Crippen LogP) is 0.255. The third-order valence-electron chi connectivity index (χ3n) is 5.57. The highest BCUT2D eigenvalue weighted by Gasteiger charge is 2.22. The number of fused-ring (bicyclic) bond motifs is 2. The Morgan fingerprint density at radius 2 is 2.12 bits per heavy atom. The van der Waals surface area contributed by atoms with Gasteiger partial charge in [0.25, 0.3) is 5.91 Å². The lowest BCUT2D eigenvalue weighted by molar-refractivity contribution is 0.100. The summed E-state index contributed by atoms with van der Waals surface area (Å²) in [5.74, 6) is 0.996. The molecule has 0 fully saturated rings. The molecule has 10 nitrogen and oxygen atoms in total. The van der Waals surface area contributed by atoms with Crippen LogP contribution < -0.4 is 16.5 Å². The van der Waals surface area contributed by atoms with E-state index in [0.717, 1.165) is 16.8 Å². The van der Waals surface area contributed by atoms with Crippen LogP contribution in [0.2, 0.25) is 0 Å². The van der Waals surface area contributed by atoms with Gasteiger partial charge in [0.15, 0.2) is 11.6 Å². The van der Waals surface area contributed by atoms with E-state index in [1.165, 1.54) is 0 Å². The summed E-state index contributed by atoms with van der Waals surface area (Å²) in [6, 6.07) is 10.4. The molecular formula is C22H21BN6O4. The third kappa shape index (κ3) is 4.04. The first-order chi connectivity index (χ1) is 16.0. The number of hydrogen-bond donors (Lipinski definition) is 4. The lowest BCUT2D eigenvalue weighted by Gasteiger charge is -2.20. The molecule has 0 bridgehead atoms. The van der Waals surface area contributed by atoms with Crippen LogP contribution in [0.25, 0.3) is 17.2 Å². The Bertz CT molecular complexity index is 1360. The van der Waals surface area contributed by atoms with Crippen LogP contribution in [-0.4, -0.2) is 49.0 Å². The van der Waals surface area contributed by atoms with E-state index in [0.29, 0.717) is 60.2 Å². The van der Waals surface area contributed by atoms with Gasteiger partial charge in [0.2, 0.25) is 0 Å². The molecule has 1 aromatic carbocycles. The summed E-state index contributed by atoms with van der Waals surface area (Å²) >= 11 is 0. The molecule has 0 unspecified atom stereocenters. The van der Waals surface area contributed by atoms with E-state index < -0.39 is 13.0 Å². The van der Waals surface area contributed by atoms with Crippen LogP contribution >= 0.6 is 0 Å². The smallest absolute Gasteiger partial charge is 0.423 e. The molecule has 166 valence electrons. The van der Waals surface area contributed by atoms with Gasteiger partial charge in [-0.15, -0.1) is 0 Å². The lowest BCUT2D eigenvalue weighted by atomic mass is 9.79. The Hall–Kier alpha value is -3.80. The second kappa shape index (κ2) is 8.62. The van der Waals surface area contributed by atoms with Crippen LogP contribution in [0.3, 0.4) is 0 Å². The van der Waals surface area contributed by atoms with Crippen molar-refractivity contribution >= 4 is 29.8 Å². The summed E-state index contributed by atoms with van der Waals surface area (Å²) in [6.07, 6.45) is 4.01. The quantitative estimate of drug-likeness (QED) is 0.310. The molecule has 5 N–H and O–H groups in total. The normalized spacial score (nSPS) is 13.0. The fourth-order valence-corrected chi connectivity index (χ4v) is 3.92. The fourth-order valence-electron chi connectivity index (χ4n) is 3.92. The van der Waals surface area contributed by atoms with Gasteiger partial charge in [-0.25, -0.2) is 15.0 Å². The molecule has 0 atom stereocenters. The molecule has 11 heteroatoms. The van der Waals surface area contributed by atoms with E-state index in [-0.39, 0.29) is 0 Å². The van der Waals surface area contributed by atoms with Gasteiger partial charge in [-0.2, -0.15) is 0 Å². The molecule has 0 spiro atoms. The number of ether oxygens (including phenoxy) is 1. The van der Waals surface area contributed by atoms with Gasteiger partial charge >= 0.3 is 7.12 Å². The Balaban J connectivity index is 1.54. The van der Waals surface area contributed by atoms with Crippen LogP contribution in [0.1, 0.15) is 27.2 Å². The zero-order chi connectivity index (χ0) is 22.9. The molecular weight excluding hydrogens is 423 g/mol. The van der Waals surface area contributed by atoms with Crippen LogP contribution in [0, 0.1) is 0 Å². The number of primary amides is 1. The number of anilines is 1. The van der Waals surface area contributed by atoms with Crippen molar-refractivity contribution in [3.63, 3.8) is 0 Å². The number of nitrogens with two attached hydrogens (primary N) is 1. The molecule has 0 saturated carbocycles. The maximum Gasteiger partial charge on any atom is 0.488 e. The van der Waals surface area contributed by atoms with Gasteiger partial charge in [0.05, 0.1) is 36.2 Å². The van der Waals surface area contributed by atoms with E-state index in [9.17, 15) is 14.8 Å². The van der Waals surface area contributed by atoms with Crippen molar-refractivity contribution in [1.82, 2.24) is 19.4 Å². The molecule has 5 rings (SSSR count). The number of imidazole rings is 1. The summed E-state index contributed by atoms with van der Waals surface area (Å²) in [5, 5.41) is 22.2. The predicted molar refractivity (Wildman–Crippen MR) is 122 cm³/mol. The Morgan fingerprint density at radius 1 is 1.24 bits per heavy atom. The zero-order valence-electron chi connectivity index (χ0n) is 17.6. The highest BCUT2D eigenvalue weighted by molar-refractivity contribution is 6.58. The standard InChI is InChI=1S/C22H21BN6O4/c24-19(30)15-5-2-7-29-18(15)11-26-22(29)21-27-17-6-8-33-12-16(17)20(28-21)25-10-13-3-1-4-14(9-13)23(31)32/h1-5,7,9,11,31-32H,6,8,10,12H2,(H2,24,30)(H,25,27,28). The molecule has 0 radical (unpaired) electrons. The minimum absolute atomic E-state index is 0.368. The SMILES string of the molecule is NC(=O)c1cccn2c(-c3nc4c(c(NCc5cccc(B(O)O)c5)n3)COCC4)ncc12. The second-order valence-corrected chi connectivity index (χ2v) is 7.72. The Kier molecular flexibility index (Phi) is 5.51. The number of pyridine rings is 1. The third-order valence-corrected chi connectivity index (χ3v) is 5.57. The molecule has 0 saturated heterocycles. The molecule has 4 aromatic rings. The topological polar surface area (TPSA) is 148 Å². The number of hydrogen-bond acceptors (Lipinski definition) is 8. The number of nitrogens with one attached hydrogen (secondary N) is 1. The van der Waals surface area contributed by atoms with Crippen molar-refractivity contribution in [2.45, 2.75) is 19.6 Å². The summed E-state index contributed by atoms with van der Waals surface area (Å²) in [6.45, 7) is 1.37. The van der Waals surface area contributed by atoms with E-state index in [1.54, 1.807) is 47.1 Å². The first-order valence-corrected chi connectivity index (χ1v) is 10.4. The number of nitrogens with zero attached hydrogens (tertiary/aromatic N) is 4. The van der Waals surface area contributed by atoms with Crippen molar-refractivity contribution in [3.8, 4) is 11.6 Å². The lowest BCUT2D eigenvalue weighted by Crippen LogP contribution is -2.30. The Labute approximate surface area is 189 Å². The molecule has 3 aromatic heterocycles. The van der Waals surface area contributed by atoms with E-state index in [2.05, 4.69) is 10.3 Å². The molecule has 1 aliphatic heterocycles. The zero-order valence-corrected chi connectivity index (χ0v) is 17.6. The highest BCUT2D eigenvalue weighted by Crippen LogP contribution is 2.27. The van der Waals surface area contributed by atoms with Gasteiger partial charge in [-0.05, 0) is 23.2 Å². The van der Waals surface area contributed by atoms with Crippen molar-refractivity contribution in [1.29, 1.82) is 0 Å². The van der Waals surface area contributed by atoms with Crippen molar-refractivity contribution in [3.05, 3.63) is 71.2 Å². The van der Waals surface area contributed by atoms with Crippen molar-refractivity contribution < 1.29 is 19.6 Å². The molecule has 1 aliphatic rings. The average Bonchev–Trinajstić information content (AvgIpc) is 3.26. The minimum Gasteiger partial charge on any atom is -0.423 e. The number of benzene rings is 1. The Morgan fingerprint density at radius 3 is 2.94 bits per heavy atom. The number of carbonyl (C=O) groups is 1. The highest BCUT2D eigenvalue weighted by atomic mass is 16.5. The maximum absolute atomic E-state index is 11.8. The van der Waals surface area contributed by atoms with Gasteiger partial charge in [0, 0.05) is 24.7 Å². The van der Waals surface area contributed by atoms with Gasteiger partial charge in [0.1, 0.15) is 5.82 Å². The molecule has 1 amide bonds. The van der Waals surface area contributed by atoms with Crippen molar-refractivity contribution in [2.24, 2.45) is 5.73 Å². The summed E-state index contributed by atoms with van der Waals surface area (Å²) in [5.41, 5.74) is 9.48. The van der Waals surface area contributed by atoms with E-state index >= 15 is 0 Å².